The molecule has 7 nitrogen and oxygen atoms in total. The number of hydrogen-bond acceptors (Lipinski definition) is 6. The van der Waals surface area contributed by atoms with Crippen LogP contribution in [-0.4, -0.2) is 21.0 Å². The topological polar surface area (TPSA) is 68.5 Å². The van der Waals surface area contributed by atoms with Crippen molar-refractivity contribution in [3.63, 3.8) is 0 Å². The number of rotatable bonds is 8. The summed E-state index contributed by atoms with van der Waals surface area (Å²) in [6.45, 7) is 2.56. The Kier molecular flexibility index (Phi) is 7.60. The van der Waals surface area contributed by atoms with Gasteiger partial charge in [0.25, 0.3) is 5.56 Å². The average Bonchev–Trinajstić information content (AvgIpc) is 3.16. The highest BCUT2D eigenvalue weighted by atomic mass is 35.5. The highest BCUT2D eigenvalue weighted by Gasteiger charge is 2.36. The molecule has 1 atom stereocenters. The monoisotopic (exact) mass is 540 g/mol. The fraction of sp³-hybridized carbons (Fsp3) is 0.333. The summed E-state index contributed by atoms with van der Waals surface area (Å²) in [4.78, 5) is 28.7. The molecule has 36 heavy (non-hydrogen) atoms. The van der Waals surface area contributed by atoms with Gasteiger partial charge in [-0.15, -0.1) is 13.2 Å². The predicted molar refractivity (Wildman–Crippen MR) is 135 cm³/mol. The van der Waals surface area contributed by atoms with Crippen LogP contribution >= 0.6 is 23.4 Å². The Morgan fingerprint density at radius 1 is 1.14 bits per heavy atom. The van der Waals surface area contributed by atoms with E-state index in [1.165, 1.54) is 39.1 Å². The number of nitrogens with one attached hydrogen (secondary N) is 1. The summed E-state index contributed by atoms with van der Waals surface area (Å²) in [6.07, 6.45) is -3.33. The fourth-order valence-corrected chi connectivity index (χ4v) is 5.12. The second-order valence-corrected chi connectivity index (χ2v) is 9.83. The molecule has 0 radical (unpaired) electrons. The third-order valence-corrected chi connectivity index (χ3v) is 7.02. The van der Waals surface area contributed by atoms with Crippen molar-refractivity contribution >= 4 is 34.9 Å². The van der Waals surface area contributed by atoms with E-state index in [2.05, 4.69) is 10.1 Å². The van der Waals surface area contributed by atoms with Crippen molar-refractivity contribution in [2.75, 3.05) is 10.2 Å². The molecule has 0 amide bonds. The van der Waals surface area contributed by atoms with Crippen molar-refractivity contribution < 1.29 is 17.9 Å². The Labute approximate surface area is 214 Å². The zero-order valence-corrected chi connectivity index (χ0v) is 21.1. The molecule has 1 N–H and O–H groups in total. The van der Waals surface area contributed by atoms with Crippen molar-refractivity contribution in [1.29, 1.82) is 0 Å². The first-order chi connectivity index (χ1) is 17.1. The molecule has 0 fully saturated rings. The summed E-state index contributed by atoms with van der Waals surface area (Å²) in [5.74, 6) is 0.00786. The van der Waals surface area contributed by atoms with Gasteiger partial charge in [-0.3, -0.25) is 13.9 Å². The maximum atomic E-state index is 13.5. The highest BCUT2D eigenvalue weighted by molar-refractivity contribution is 8.00. The van der Waals surface area contributed by atoms with Crippen LogP contribution in [0, 0.1) is 0 Å². The SMILES string of the molecule is CCCCn1c(=O)c2c(n(C)c1=O)NC(Sc1cccc(OC(F)(F)F)c1)N2Cc1ccc(Cl)cc1. The minimum atomic E-state index is -4.81. The number of thioether (sulfide) groups is 1. The van der Waals surface area contributed by atoms with Gasteiger partial charge in [-0.2, -0.15) is 0 Å². The van der Waals surface area contributed by atoms with Gasteiger partial charge >= 0.3 is 12.1 Å². The molecule has 4 rings (SSSR count). The van der Waals surface area contributed by atoms with Crippen molar-refractivity contribution in [3.05, 3.63) is 80.0 Å². The zero-order chi connectivity index (χ0) is 26.0. The highest BCUT2D eigenvalue weighted by Crippen LogP contribution is 2.39. The number of aromatic nitrogens is 2. The summed E-state index contributed by atoms with van der Waals surface area (Å²) < 4.78 is 44.8. The van der Waals surface area contributed by atoms with Crippen LogP contribution in [0.4, 0.5) is 24.7 Å². The third kappa shape index (κ3) is 5.67. The fourth-order valence-electron chi connectivity index (χ4n) is 3.92. The summed E-state index contributed by atoms with van der Waals surface area (Å²) >= 11 is 7.23. The zero-order valence-electron chi connectivity index (χ0n) is 19.5. The van der Waals surface area contributed by atoms with Gasteiger partial charge in [-0.1, -0.05) is 54.9 Å². The van der Waals surface area contributed by atoms with Crippen molar-refractivity contribution in [3.8, 4) is 5.75 Å². The molecule has 1 aliphatic heterocycles. The number of benzene rings is 2. The van der Waals surface area contributed by atoms with E-state index in [0.717, 1.165) is 12.0 Å². The number of unbranched alkanes of at least 4 members (excludes halogenated alkanes) is 1. The molecular weight excluding hydrogens is 517 g/mol. The van der Waals surface area contributed by atoms with Crippen molar-refractivity contribution in [1.82, 2.24) is 9.13 Å². The molecule has 3 aromatic rings. The van der Waals surface area contributed by atoms with Crippen LogP contribution in [0.2, 0.25) is 5.02 Å². The summed E-state index contributed by atoms with van der Waals surface area (Å²) in [5, 5.41) is 3.78. The van der Waals surface area contributed by atoms with Crippen LogP contribution in [0.3, 0.4) is 0 Å². The molecule has 0 saturated carbocycles. The quantitative estimate of drug-likeness (QED) is 0.412. The Bertz CT molecular complexity index is 1360. The lowest BCUT2D eigenvalue weighted by Gasteiger charge is -2.26. The normalized spacial score (nSPS) is 15.1. The van der Waals surface area contributed by atoms with Gasteiger partial charge in [0.1, 0.15) is 17.3 Å². The second-order valence-electron chi connectivity index (χ2n) is 8.24. The van der Waals surface area contributed by atoms with E-state index in [1.807, 2.05) is 24.0 Å². The minimum Gasteiger partial charge on any atom is -0.406 e. The summed E-state index contributed by atoms with van der Waals surface area (Å²) in [5.41, 5.74) is -0.250. The van der Waals surface area contributed by atoms with Crippen molar-refractivity contribution in [2.24, 2.45) is 7.05 Å². The Morgan fingerprint density at radius 3 is 2.53 bits per heavy atom. The van der Waals surface area contributed by atoms with E-state index in [1.54, 1.807) is 25.2 Å². The standard InChI is InChI=1S/C24H24ClF3N4O3S/c1-3-4-12-31-21(33)19-20(30(2)23(31)34)29-22(32(19)14-15-8-10-16(25)11-9-15)36-18-7-5-6-17(13-18)35-24(26,27)28/h5-11,13,22,29H,3-4,12,14H2,1-2H3. The van der Waals surface area contributed by atoms with Crippen LogP contribution in [0.1, 0.15) is 25.3 Å². The van der Waals surface area contributed by atoms with Gasteiger partial charge in [0.05, 0.1) is 0 Å². The van der Waals surface area contributed by atoms with E-state index in [-0.39, 0.29) is 5.75 Å². The number of hydrogen-bond donors (Lipinski definition) is 1. The number of ether oxygens (including phenoxy) is 1. The lowest BCUT2D eigenvalue weighted by molar-refractivity contribution is -0.274. The molecule has 192 valence electrons. The maximum Gasteiger partial charge on any atom is 0.573 e. The first kappa shape index (κ1) is 26.0. The van der Waals surface area contributed by atoms with Gasteiger partial charge < -0.3 is 15.0 Å². The molecule has 0 aliphatic carbocycles. The maximum absolute atomic E-state index is 13.5. The van der Waals surface area contributed by atoms with Crippen LogP contribution < -0.4 is 26.2 Å². The summed E-state index contributed by atoms with van der Waals surface area (Å²) in [6, 6.07) is 12.7. The largest absolute Gasteiger partial charge is 0.573 e. The second kappa shape index (κ2) is 10.5. The Morgan fingerprint density at radius 2 is 1.86 bits per heavy atom. The molecule has 0 spiro atoms. The molecule has 1 unspecified atom stereocenters. The first-order valence-electron chi connectivity index (χ1n) is 11.2. The summed E-state index contributed by atoms with van der Waals surface area (Å²) in [7, 11) is 1.58. The van der Waals surface area contributed by atoms with Gasteiger partial charge in [0.2, 0.25) is 0 Å². The van der Waals surface area contributed by atoms with E-state index in [9.17, 15) is 22.8 Å². The molecule has 0 saturated heterocycles. The Balaban J connectivity index is 1.74. The molecule has 1 aliphatic rings. The Hall–Kier alpha value is -3.05. The van der Waals surface area contributed by atoms with Gasteiger partial charge in [-0.25, -0.2) is 4.79 Å². The molecule has 12 heteroatoms. The number of anilines is 2. The van der Waals surface area contributed by atoms with Crippen LogP contribution in [0.5, 0.6) is 5.75 Å². The molecule has 0 bridgehead atoms. The lowest BCUT2D eigenvalue weighted by atomic mass is 10.2. The van der Waals surface area contributed by atoms with E-state index in [0.29, 0.717) is 40.9 Å². The molecule has 2 heterocycles. The van der Waals surface area contributed by atoms with E-state index >= 15 is 0 Å². The van der Waals surface area contributed by atoms with Gasteiger partial charge in [0, 0.05) is 30.1 Å². The number of alkyl halides is 3. The third-order valence-electron chi connectivity index (χ3n) is 5.64. The number of nitrogens with zero attached hydrogens (tertiary/aromatic N) is 3. The lowest BCUT2D eigenvalue weighted by Crippen LogP contribution is -2.41. The van der Waals surface area contributed by atoms with Crippen LogP contribution in [0.25, 0.3) is 0 Å². The van der Waals surface area contributed by atoms with Crippen LogP contribution in [-0.2, 0) is 20.1 Å². The van der Waals surface area contributed by atoms with Crippen LogP contribution in [0.15, 0.2) is 63.0 Å². The minimum absolute atomic E-state index is 0.290. The first-order valence-corrected chi connectivity index (χ1v) is 12.5. The van der Waals surface area contributed by atoms with Gasteiger partial charge in [0.15, 0.2) is 5.50 Å². The number of halogens is 4. The average molecular weight is 541 g/mol. The molecule has 2 aromatic carbocycles. The number of fused-ring (bicyclic) bond motifs is 1. The van der Waals surface area contributed by atoms with Gasteiger partial charge in [-0.05, 0) is 42.3 Å². The molecular formula is C24H24ClF3N4O3S. The van der Waals surface area contributed by atoms with E-state index < -0.39 is 23.1 Å². The predicted octanol–water partition coefficient (Wildman–Crippen LogP) is 5.41. The molecule has 1 aromatic heterocycles. The smallest absolute Gasteiger partial charge is 0.406 e. The van der Waals surface area contributed by atoms with E-state index in [4.69, 9.17) is 11.6 Å². The van der Waals surface area contributed by atoms with Crippen molar-refractivity contribution in [2.45, 2.75) is 49.6 Å².